The number of nitrogens with zero attached hydrogens (tertiary/aromatic N) is 1. The van der Waals surface area contributed by atoms with Gasteiger partial charge in [-0.2, -0.15) is 23.1 Å². The van der Waals surface area contributed by atoms with E-state index >= 15 is 0 Å². The van der Waals surface area contributed by atoms with E-state index < -0.39 is 0 Å². The maximum atomic E-state index is 12.5. The summed E-state index contributed by atoms with van der Waals surface area (Å²) in [6, 6.07) is 7.42. The zero-order valence-electron chi connectivity index (χ0n) is 16.0. The quantitative estimate of drug-likeness (QED) is 0.631. The molecule has 1 aliphatic heterocycles. The smallest absolute Gasteiger partial charge is 0.227 e. The first kappa shape index (κ1) is 20.5. The van der Waals surface area contributed by atoms with Crippen molar-refractivity contribution in [2.24, 2.45) is 5.92 Å². The number of benzene rings is 1. The Morgan fingerprint density at radius 1 is 1.32 bits per heavy atom. The molecular weight excluding hydrogens is 396 g/mol. The monoisotopic (exact) mass is 420 g/mol. The third-order valence-corrected chi connectivity index (χ3v) is 6.33. The molecule has 3 rings (SSSR count). The maximum Gasteiger partial charge on any atom is 0.227 e. The molecule has 2 heterocycles. The van der Waals surface area contributed by atoms with E-state index in [2.05, 4.69) is 22.1 Å². The van der Waals surface area contributed by atoms with Crippen LogP contribution in [0.25, 0.3) is 0 Å². The second-order valence-corrected chi connectivity index (χ2v) is 8.30. The molecule has 1 saturated heterocycles. The Morgan fingerprint density at radius 3 is 2.89 bits per heavy atom. The zero-order chi connectivity index (χ0) is 19.9. The van der Waals surface area contributed by atoms with Gasteiger partial charge >= 0.3 is 0 Å². The zero-order valence-corrected chi connectivity index (χ0v) is 17.6. The second-order valence-electron chi connectivity index (χ2n) is 6.42. The average Bonchev–Trinajstić information content (AvgIpc) is 3.36. The molecule has 1 aromatic carbocycles. The highest BCUT2D eigenvalue weighted by Gasteiger charge is 2.36. The fourth-order valence-electron chi connectivity index (χ4n) is 3.08. The SMILES string of the molecule is COc1ccc(OC)c(N2C[C@H](C(=O)NCCSCc3ccsc3)CC2=O)c1. The summed E-state index contributed by atoms with van der Waals surface area (Å²) in [5, 5.41) is 7.16. The molecule has 1 aliphatic rings. The summed E-state index contributed by atoms with van der Waals surface area (Å²) in [6.07, 6.45) is 0.203. The number of nitrogens with one attached hydrogen (secondary N) is 1. The van der Waals surface area contributed by atoms with E-state index in [1.54, 1.807) is 60.4 Å². The third-order valence-electron chi connectivity index (χ3n) is 4.57. The lowest BCUT2D eigenvalue weighted by atomic mass is 10.1. The van der Waals surface area contributed by atoms with Crippen LogP contribution in [0.2, 0.25) is 0 Å². The Bertz CT molecular complexity index is 811. The molecule has 8 heteroatoms. The molecule has 1 N–H and O–H groups in total. The lowest BCUT2D eigenvalue weighted by Crippen LogP contribution is -2.34. The van der Waals surface area contributed by atoms with Gasteiger partial charge < -0.3 is 19.7 Å². The molecule has 2 amide bonds. The van der Waals surface area contributed by atoms with Crippen molar-refractivity contribution < 1.29 is 19.1 Å². The topological polar surface area (TPSA) is 67.9 Å². The predicted octanol–water partition coefficient (Wildman–Crippen LogP) is 3.17. The van der Waals surface area contributed by atoms with Crippen LogP contribution in [0.1, 0.15) is 12.0 Å². The van der Waals surface area contributed by atoms with Crippen LogP contribution in [0.15, 0.2) is 35.0 Å². The molecule has 1 atom stereocenters. The maximum absolute atomic E-state index is 12.5. The van der Waals surface area contributed by atoms with Crippen LogP contribution in [0.5, 0.6) is 11.5 Å². The Kier molecular flexibility index (Phi) is 7.22. The lowest BCUT2D eigenvalue weighted by Gasteiger charge is -2.20. The third kappa shape index (κ3) is 4.99. The molecule has 28 heavy (non-hydrogen) atoms. The molecule has 1 aromatic heterocycles. The molecule has 150 valence electrons. The van der Waals surface area contributed by atoms with Gasteiger partial charge in [-0.1, -0.05) is 0 Å². The van der Waals surface area contributed by atoms with Crippen molar-refractivity contribution in [1.82, 2.24) is 5.32 Å². The summed E-state index contributed by atoms with van der Waals surface area (Å²) in [6.45, 7) is 0.942. The summed E-state index contributed by atoms with van der Waals surface area (Å²) >= 11 is 3.48. The van der Waals surface area contributed by atoms with E-state index in [0.717, 1.165) is 11.5 Å². The van der Waals surface area contributed by atoms with E-state index in [9.17, 15) is 9.59 Å². The normalized spacial score (nSPS) is 16.3. The highest BCUT2D eigenvalue weighted by molar-refractivity contribution is 7.98. The van der Waals surface area contributed by atoms with Crippen LogP contribution in [0.3, 0.4) is 0 Å². The number of hydrogen-bond donors (Lipinski definition) is 1. The number of ether oxygens (including phenoxy) is 2. The first-order chi connectivity index (χ1) is 13.6. The first-order valence-electron chi connectivity index (χ1n) is 9.01. The summed E-state index contributed by atoms with van der Waals surface area (Å²) in [5.41, 5.74) is 1.94. The molecule has 0 aliphatic carbocycles. The number of carbonyl (C=O) groups excluding carboxylic acids is 2. The Balaban J connectivity index is 1.51. The van der Waals surface area contributed by atoms with E-state index in [0.29, 0.717) is 30.3 Å². The molecule has 0 bridgehead atoms. The second kappa shape index (κ2) is 9.84. The van der Waals surface area contributed by atoms with Gasteiger partial charge in [-0.05, 0) is 34.5 Å². The summed E-state index contributed by atoms with van der Waals surface area (Å²) < 4.78 is 10.6. The standard InChI is InChI=1S/C20H24N2O4S2/c1-25-16-3-4-18(26-2)17(10-16)22-11-15(9-19(22)23)20(24)21-6-8-28-13-14-5-7-27-12-14/h3-5,7,10,12,15H,6,8-9,11,13H2,1-2H3,(H,21,24)/t15-/m1/s1. The minimum atomic E-state index is -0.356. The van der Waals surface area contributed by atoms with Gasteiger partial charge in [0.25, 0.3) is 0 Å². The Labute approximate surface area is 173 Å². The van der Waals surface area contributed by atoms with Crippen molar-refractivity contribution in [2.75, 3.05) is 38.0 Å². The van der Waals surface area contributed by atoms with E-state index in [4.69, 9.17) is 9.47 Å². The number of amides is 2. The van der Waals surface area contributed by atoms with Gasteiger partial charge in [-0.25, -0.2) is 0 Å². The summed E-state index contributed by atoms with van der Waals surface area (Å²) in [7, 11) is 3.13. The molecule has 6 nitrogen and oxygen atoms in total. The number of methoxy groups -OCH3 is 2. The largest absolute Gasteiger partial charge is 0.497 e. The van der Waals surface area contributed by atoms with Crippen LogP contribution in [0, 0.1) is 5.92 Å². The number of rotatable bonds is 9. The van der Waals surface area contributed by atoms with Gasteiger partial charge in [0.05, 0.1) is 25.8 Å². The lowest BCUT2D eigenvalue weighted by molar-refractivity contribution is -0.126. The van der Waals surface area contributed by atoms with E-state index in [1.165, 1.54) is 5.56 Å². The highest BCUT2D eigenvalue weighted by atomic mass is 32.2. The average molecular weight is 421 g/mol. The van der Waals surface area contributed by atoms with Crippen molar-refractivity contribution >= 4 is 40.6 Å². The number of carbonyl (C=O) groups is 2. The Morgan fingerprint density at radius 2 is 2.18 bits per heavy atom. The Hall–Kier alpha value is -2.19. The summed E-state index contributed by atoms with van der Waals surface area (Å²) in [4.78, 5) is 26.6. The molecule has 0 unspecified atom stereocenters. The molecule has 2 aromatic rings. The number of thiophene rings is 1. The highest BCUT2D eigenvalue weighted by Crippen LogP contribution is 2.36. The number of hydrogen-bond acceptors (Lipinski definition) is 6. The molecule has 0 saturated carbocycles. The van der Waals surface area contributed by atoms with Crippen LogP contribution in [0.4, 0.5) is 5.69 Å². The van der Waals surface area contributed by atoms with E-state index in [1.807, 2.05) is 0 Å². The van der Waals surface area contributed by atoms with Crippen molar-refractivity contribution in [3.8, 4) is 11.5 Å². The minimum Gasteiger partial charge on any atom is -0.497 e. The van der Waals surface area contributed by atoms with Gasteiger partial charge in [-0.3, -0.25) is 9.59 Å². The van der Waals surface area contributed by atoms with Crippen LogP contribution in [-0.2, 0) is 15.3 Å². The molecule has 0 radical (unpaired) electrons. The van der Waals surface area contributed by atoms with Crippen molar-refractivity contribution in [3.05, 3.63) is 40.6 Å². The van der Waals surface area contributed by atoms with Crippen molar-refractivity contribution in [2.45, 2.75) is 12.2 Å². The van der Waals surface area contributed by atoms with Crippen molar-refractivity contribution in [1.29, 1.82) is 0 Å². The van der Waals surface area contributed by atoms with Crippen LogP contribution in [-0.4, -0.2) is 44.9 Å². The molecular formula is C20H24N2O4S2. The molecule has 1 fully saturated rings. The fraction of sp³-hybridized carbons (Fsp3) is 0.400. The fourth-order valence-corrected chi connectivity index (χ4v) is 4.66. The van der Waals surface area contributed by atoms with Crippen molar-refractivity contribution in [3.63, 3.8) is 0 Å². The minimum absolute atomic E-state index is 0.0751. The van der Waals surface area contributed by atoms with Crippen LogP contribution < -0.4 is 19.7 Å². The summed E-state index contributed by atoms with van der Waals surface area (Å²) in [5.74, 6) is 2.50. The van der Waals surface area contributed by atoms with Gasteiger partial charge in [0, 0.05) is 37.1 Å². The van der Waals surface area contributed by atoms with Gasteiger partial charge in [0.1, 0.15) is 11.5 Å². The molecule has 0 spiro atoms. The van der Waals surface area contributed by atoms with E-state index in [-0.39, 0.29) is 24.2 Å². The van der Waals surface area contributed by atoms with Gasteiger partial charge in [0.15, 0.2) is 0 Å². The number of thioether (sulfide) groups is 1. The predicted molar refractivity (Wildman–Crippen MR) is 113 cm³/mol. The number of anilines is 1. The first-order valence-corrected chi connectivity index (χ1v) is 11.1. The van der Waals surface area contributed by atoms with Gasteiger partial charge in [0.2, 0.25) is 11.8 Å². The van der Waals surface area contributed by atoms with Gasteiger partial charge in [-0.15, -0.1) is 0 Å². The van der Waals surface area contributed by atoms with Crippen LogP contribution >= 0.6 is 23.1 Å².